The lowest BCUT2D eigenvalue weighted by Gasteiger charge is -2.12. The van der Waals surface area contributed by atoms with E-state index in [1.165, 1.54) is 24.0 Å². The zero-order valence-corrected chi connectivity index (χ0v) is 10.9. The molecule has 0 amide bonds. The fourth-order valence-electron chi connectivity index (χ4n) is 2.41. The highest BCUT2D eigenvalue weighted by Gasteiger charge is 2.14. The molecule has 19 heavy (non-hydrogen) atoms. The van der Waals surface area contributed by atoms with E-state index < -0.39 is 0 Å². The highest BCUT2D eigenvalue weighted by atomic mass is 16.5. The number of ether oxygens (including phenoxy) is 1. The molecule has 1 fully saturated rings. The second-order valence-corrected chi connectivity index (χ2v) is 4.87. The third kappa shape index (κ3) is 3.12. The average molecular weight is 254 g/mol. The summed E-state index contributed by atoms with van der Waals surface area (Å²) in [6.07, 6.45) is 6.09. The Bertz CT molecular complexity index is 521. The molecule has 0 radical (unpaired) electrons. The highest BCUT2D eigenvalue weighted by Crippen LogP contribution is 2.23. The van der Waals surface area contributed by atoms with E-state index in [4.69, 9.17) is 4.74 Å². The van der Waals surface area contributed by atoms with Gasteiger partial charge in [0.15, 0.2) is 0 Å². The summed E-state index contributed by atoms with van der Waals surface area (Å²) in [7, 11) is 0. The van der Waals surface area contributed by atoms with Crippen molar-refractivity contribution in [2.75, 3.05) is 13.2 Å². The molecule has 1 aliphatic rings. The first-order valence-corrected chi connectivity index (χ1v) is 6.78. The third-order valence-electron chi connectivity index (χ3n) is 3.46. The zero-order chi connectivity index (χ0) is 12.9. The molecule has 1 saturated heterocycles. The van der Waals surface area contributed by atoms with Crippen LogP contribution in [0.25, 0.3) is 11.1 Å². The van der Waals surface area contributed by atoms with Gasteiger partial charge >= 0.3 is 0 Å². The van der Waals surface area contributed by atoms with Crippen LogP contribution in [0.5, 0.6) is 5.75 Å². The SMILES string of the molecule is c1cc(OCC2CCCN2)cc(-c2ccncc2)c1. The Morgan fingerprint density at radius 3 is 2.84 bits per heavy atom. The Kier molecular flexibility index (Phi) is 3.75. The van der Waals surface area contributed by atoms with E-state index in [0.29, 0.717) is 6.04 Å². The molecule has 98 valence electrons. The van der Waals surface area contributed by atoms with Crippen molar-refractivity contribution in [2.45, 2.75) is 18.9 Å². The minimum absolute atomic E-state index is 0.504. The van der Waals surface area contributed by atoms with Crippen molar-refractivity contribution < 1.29 is 4.74 Å². The lowest BCUT2D eigenvalue weighted by molar-refractivity contribution is 0.277. The highest BCUT2D eigenvalue weighted by molar-refractivity contribution is 5.64. The van der Waals surface area contributed by atoms with Crippen LogP contribution in [0, 0.1) is 0 Å². The Balaban J connectivity index is 1.69. The molecular weight excluding hydrogens is 236 g/mol. The largest absolute Gasteiger partial charge is 0.492 e. The van der Waals surface area contributed by atoms with Crippen molar-refractivity contribution >= 4 is 0 Å². The van der Waals surface area contributed by atoms with E-state index in [0.717, 1.165) is 18.9 Å². The first-order chi connectivity index (χ1) is 9.42. The summed E-state index contributed by atoms with van der Waals surface area (Å²) in [5.74, 6) is 0.933. The van der Waals surface area contributed by atoms with Crippen molar-refractivity contribution in [3.8, 4) is 16.9 Å². The van der Waals surface area contributed by atoms with E-state index in [2.05, 4.69) is 22.4 Å². The summed E-state index contributed by atoms with van der Waals surface area (Å²) in [6.45, 7) is 1.87. The number of hydrogen-bond donors (Lipinski definition) is 1. The van der Waals surface area contributed by atoms with Gasteiger partial charge in [0, 0.05) is 18.4 Å². The van der Waals surface area contributed by atoms with Crippen LogP contribution in [0.2, 0.25) is 0 Å². The van der Waals surface area contributed by atoms with Crippen LogP contribution in [-0.2, 0) is 0 Å². The molecule has 3 rings (SSSR count). The summed E-state index contributed by atoms with van der Waals surface area (Å²) in [5.41, 5.74) is 2.33. The van der Waals surface area contributed by atoms with E-state index in [1.807, 2.05) is 36.7 Å². The molecule has 3 nitrogen and oxygen atoms in total. The third-order valence-corrected chi connectivity index (χ3v) is 3.46. The van der Waals surface area contributed by atoms with E-state index in [-0.39, 0.29) is 0 Å². The number of benzene rings is 1. The zero-order valence-electron chi connectivity index (χ0n) is 10.9. The minimum atomic E-state index is 0.504. The first kappa shape index (κ1) is 12.2. The number of nitrogens with one attached hydrogen (secondary N) is 1. The van der Waals surface area contributed by atoms with Gasteiger partial charge in [0.25, 0.3) is 0 Å². The van der Waals surface area contributed by atoms with Gasteiger partial charge in [0.05, 0.1) is 0 Å². The maximum absolute atomic E-state index is 5.87. The topological polar surface area (TPSA) is 34.1 Å². The maximum Gasteiger partial charge on any atom is 0.119 e. The number of aromatic nitrogens is 1. The summed E-state index contributed by atoms with van der Waals surface area (Å²) < 4.78 is 5.87. The van der Waals surface area contributed by atoms with Gasteiger partial charge in [-0.25, -0.2) is 0 Å². The van der Waals surface area contributed by atoms with Crippen LogP contribution in [0.1, 0.15) is 12.8 Å². The molecule has 1 atom stereocenters. The van der Waals surface area contributed by atoms with Crippen LogP contribution >= 0.6 is 0 Å². The number of pyridine rings is 1. The maximum atomic E-state index is 5.87. The second kappa shape index (κ2) is 5.85. The monoisotopic (exact) mass is 254 g/mol. The predicted molar refractivity (Wildman–Crippen MR) is 76.2 cm³/mol. The molecular formula is C16H18N2O. The molecule has 1 unspecified atom stereocenters. The Labute approximate surface area is 113 Å². The molecule has 1 aliphatic heterocycles. The van der Waals surface area contributed by atoms with Gasteiger partial charge in [0.2, 0.25) is 0 Å². The van der Waals surface area contributed by atoms with Crippen molar-refractivity contribution in [1.29, 1.82) is 0 Å². The van der Waals surface area contributed by atoms with Gasteiger partial charge in [0.1, 0.15) is 12.4 Å². The predicted octanol–water partition coefficient (Wildman–Crippen LogP) is 2.88. The van der Waals surface area contributed by atoms with Crippen LogP contribution < -0.4 is 10.1 Å². The number of rotatable bonds is 4. The van der Waals surface area contributed by atoms with Gasteiger partial charge in [-0.3, -0.25) is 4.98 Å². The van der Waals surface area contributed by atoms with E-state index in [9.17, 15) is 0 Å². The summed E-state index contributed by atoms with van der Waals surface area (Å²) in [4.78, 5) is 4.04. The smallest absolute Gasteiger partial charge is 0.119 e. The molecule has 0 aliphatic carbocycles. The number of hydrogen-bond acceptors (Lipinski definition) is 3. The van der Waals surface area contributed by atoms with Crippen LogP contribution in [0.15, 0.2) is 48.8 Å². The molecule has 0 spiro atoms. The van der Waals surface area contributed by atoms with Gasteiger partial charge in [-0.05, 0) is 54.8 Å². The first-order valence-electron chi connectivity index (χ1n) is 6.78. The molecule has 2 heterocycles. The molecule has 1 aromatic carbocycles. The molecule has 0 bridgehead atoms. The van der Waals surface area contributed by atoms with Crippen LogP contribution in [0.3, 0.4) is 0 Å². The van der Waals surface area contributed by atoms with Crippen molar-refractivity contribution in [3.63, 3.8) is 0 Å². The van der Waals surface area contributed by atoms with E-state index in [1.54, 1.807) is 0 Å². The molecule has 1 aromatic heterocycles. The molecule has 0 saturated carbocycles. The summed E-state index contributed by atoms with van der Waals surface area (Å²) in [6, 6.07) is 12.8. The fraction of sp³-hybridized carbons (Fsp3) is 0.312. The standard InChI is InChI=1S/C16H18N2O/c1-3-14(13-6-9-17-10-7-13)11-16(5-1)19-12-15-4-2-8-18-15/h1,3,5-7,9-11,15,18H,2,4,8,12H2. The Morgan fingerprint density at radius 2 is 2.05 bits per heavy atom. The molecule has 2 aromatic rings. The van der Waals surface area contributed by atoms with Crippen molar-refractivity contribution in [2.24, 2.45) is 0 Å². The average Bonchev–Trinajstić information content (AvgIpc) is 3.00. The quantitative estimate of drug-likeness (QED) is 0.911. The normalized spacial score (nSPS) is 18.4. The summed E-state index contributed by atoms with van der Waals surface area (Å²) in [5, 5.41) is 3.44. The lowest BCUT2D eigenvalue weighted by Crippen LogP contribution is -2.28. The van der Waals surface area contributed by atoms with Gasteiger partial charge in [-0.2, -0.15) is 0 Å². The molecule has 1 N–H and O–H groups in total. The van der Waals surface area contributed by atoms with Crippen molar-refractivity contribution in [1.82, 2.24) is 10.3 Å². The lowest BCUT2D eigenvalue weighted by atomic mass is 10.1. The fourth-order valence-corrected chi connectivity index (χ4v) is 2.41. The molecule has 3 heteroatoms. The van der Waals surface area contributed by atoms with Crippen molar-refractivity contribution in [3.05, 3.63) is 48.8 Å². The van der Waals surface area contributed by atoms with Gasteiger partial charge in [-0.1, -0.05) is 12.1 Å². The Morgan fingerprint density at radius 1 is 1.16 bits per heavy atom. The minimum Gasteiger partial charge on any atom is -0.492 e. The van der Waals surface area contributed by atoms with E-state index >= 15 is 0 Å². The second-order valence-electron chi connectivity index (χ2n) is 4.87. The van der Waals surface area contributed by atoms with Crippen LogP contribution in [-0.4, -0.2) is 24.2 Å². The Hall–Kier alpha value is -1.87. The van der Waals surface area contributed by atoms with Gasteiger partial charge < -0.3 is 10.1 Å². The van der Waals surface area contributed by atoms with Crippen LogP contribution in [0.4, 0.5) is 0 Å². The summed E-state index contributed by atoms with van der Waals surface area (Å²) >= 11 is 0. The number of nitrogens with zero attached hydrogens (tertiary/aromatic N) is 1. The van der Waals surface area contributed by atoms with Gasteiger partial charge in [-0.15, -0.1) is 0 Å².